The van der Waals surface area contributed by atoms with E-state index in [9.17, 15) is 9.59 Å². The predicted molar refractivity (Wildman–Crippen MR) is 66.7 cm³/mol. The van der Waals surface area contributed by atoms with E-state index in [0.717, 1.165) is 0 Å². The Kier molecular flexibility index (Phi) is 5.42. The van der Waals surface area contributed by atoms with Crippen molar-refractivity contribution in [2.24, 2.45) is 0 Å². The van der Waals surface area contributed by atoms with Crippen LogP contribution in [0.5, 0.6) is 0 Å². The van der Waals surface area contributed by atoms with E-state index in [1.807, 2.05) is 6.92 Å². The van der Waals surface area contributed by atoms with E-state index in [2.05, 4.69) is 0 Å². The Morgan fingerprint density at radius 3 is 2.50 bits per heavy atom. The Balaban J connectivity index is 2.58. The molecule has 100 valence electrons. The Bertz CT molecular complexity index is 373. The molecule has 0 aromatic carbocycles. The van der Waals surface area contributed by atoms with E-state index in [1.165, 1.54) is 0 Å². The fraction of sp³-hybridized carbons (Fsp3) is 0.538. The molecule has 0 N–H and O–H groups in total. The van der Waals surface area contributed by atoms with E-state index in [1.54, 1.807) is 37.1 Å². The molecule has 1 unspecified atom stereocenters. The van der Waals surface area contributed by atoms with Crippen LogP contribution in [0.4, 0.5) is 0 Å². The molecule has 1 aliphatic heterocycles. The highest BCUT2D eigenvalue weighted by molar-refractivity contribution is 5.92. The summed E-state index contributed by atoms with van der Waals surface area (Å²) in [6.07, 6.45) is 5.14. The molecule has 0 bridgehead atoms. The van der Waals surface area contributed by atoms with Crippen LogP contribution < -0.4 is 0 Å². The molecule has 5 heteroatoms. The van der Waals surface area contributed by atoms with Crippen LogP contribution in [0.3, 0.4) is 0 Å². The molecule has 1 heterocycles. The van der Waals surface area contributed by atoms with Crippen LogP contribution >= 0.6 is 0 Å². The van der Waals surface area contributed by atoms with Gasteiger partial charge in [0.15, 0.2) is 0 Å². The van der Waals surface area contributed by atoms with Crippen LogP contribution in [-0.2, 0) is 19.1 Å². The lowest BCUT2D eigenvalue weighted by molar-refractivity contribution is -0.144. The van der Waals surface area contributed by atoms with Crippen molar-refractivity contribution in [3.63, 3.8) is 0 Å². The van der Waals surface area contributed by atoms with Crippen LogP contribution in [-0.4, -0.2) is 42.6 Å². The lowest BCUT2D eigenvalue weighted by Gasteiger charge is -2.27. The molecule has 1 atom stereocenters. The van der Waals surface area contributed by atoms with Gasteiger partial charge in [-0.3, -0.25) is 4.79 Å². The average molecular weight is 253 g/mol. The van der Waals surface area contributed by atoms with E-state index < -0.39 is 0 Å². The third-order valence-corrected chi connectivity index (χ3v) is 2.52. The normalized spacial score (nSPS) is 18.3. The molecular formula is C13H19NO4. The van der Waals surface area contributed by atoms with Crippen molar-refractivity contribution in [1.29, 1.82) is 0 Å². The van der Waals surface area contributed by atoms with E-state index in [-0.39, 0.29) is 24.5 Å². The first-order valence-corrected chi connectivity index (χ1v) is 6.07. The third kappa shape index (κ3) is 3.91. The summed E-state index contributed by atoms with van der Waals surface area (Å²) in [5, 5.41) is 0. The third-order valence-electron chi connectivity index (χ3n) is 2.52. The molecule has 18 heavy (non-hydrogen) atoms. The fourth-order valence-electron chi connectivity index (χ4n) is 1.63. The minimum absolute atomic E-state index is 0.0428. The molecule has 0 amide bonds. The monoisotopic (exact) mass is 253 g/mol. The zero-order chi connectivity index (χ0) is 13.5. The smallest absolute Gasteiger partial charge is 0.337 e. The van der Waals surface area contributed by atoms with Crippen molar-refractivity contribution < 1.29 is 19.1 Å². The summed E-state index contributed by atoms with van der Waals surface area (Å²) in [5.41, 5.74) is 0.518. The Hall–Kier alpha value is -1.78. The van der Waals surface area contributed by atoms with Crippen molar-refractivity contribution in [2.45, 2.75) is 26.8 Å². The zero-order valence-corrected chi connectivity index (χ0v) is 11.0. The lowest BCUT2D eigenvalue weighted by atomic mass is 10.1. The number of hydrogen-bond acceptors (Lipinski definition) is 5. The highest BCUT2D eigenvalue weighted by Gasteiger charge is 2.19. The molecule has 0 aromatic heterocycles. The molecule has 5 nitrogen and oxygen atoms in total. The van der Waals surface area contributed by atoms with Gasteiger partial charge in [-0.2, -0.15) is 0 Å². The first-order chi connectivity index (χ1) is 8.58. The van der Waals surface area contributed by atoms with Crippen LogP contribution in [0.15, 0.2) is 23.9 Å². The molecule has 0 saturated heterocycles. The quantitative estimate of drug-likeness (QED) is 0.690. The van der Waals surface area contributed by atoms with Gasteiger partial charge < -0.3 is 14.4 Å². The second-order valence-corrected chi connectivity index (χ2v) is 3.88. The first kappa shape index (κ1) is 14.3. The topological polar surface area (TPSA) is 55.8 Å². The molecular weight excluding hydrogens is 234 g/mol. The van der Waals surface area contributed by atoms with Crippen LogP contribution in [0.25, 0.3) is 0 Å². The molecule has 0 radical (unpaired) electrons. The number of esters is 2. The summed E-state index contributed by atoms with van der Waals surface area (Å²) in [6.45, 7) is 6.34. The fourth-order valence-corrected chi connectivity index (χ4v) is 1.63. The Morgan fingerprint density at radius 2 is 1.94 bits per heavy atom. The number of carbonyl (C=O) groups is 2. The summed E-state index contributed by atoms with van der Waals surface area (Å²) in [5.74, 6) is -0.613. The van der Waals surface area contributed by atoms with E-state index in [0.29, 0.717) is 18.8 Å². The summed E-state index contributed by atoms with van der Waals surface area (Å²) >= 11 is 0. The Labute approximate surface area is 107 Å². The predicted octanol–water partition coefficient (Wildman–Crippen LogP) is 1.26. The summed E-state index contributed by atoms with van der Waals surface area (Å²) in [7, 11) is 0. The van der Waals surface area contributed by atoms with Gasteiger partial charge in [-0.25, -0.2) is 4.79 Å². The first-order valence-electron chi connectivity index (χ1n) is 6.07. The zero-order valence-electron chi connectivity index (χ0n) is 11.0. The van der Waals surface area contributed by atoms with Gasteiger partial charge in [0.25, 0.3) is 0 Å². The average Bonchev–Trinajstić information content (AvgIpc) is 2.32. The highest BCUT2D eigenvalue weighted by atomic mass is 16.5. The number of nitrogens with zero attached hydrogens (tertiary/aromatic N) is 1. The van der Waals surface area contributed by atoms with Gasteiger partial charge >= 0.3 is 11.9 Å². The lowest BCUT2D eigenvalue weighted by Crippen LogP contribution is -2.35. The van der Waals surface area contributed by atoms with Crippen LogP contribution in [0.2, 0.25) is 0 Å². The van der Waals surface area contributed by atoms with Gasteiger partial charge in [0, 0.05) is 12.2 Å². The van der Waals surface area contributed by atoms with Crippen molar-refractivity contribution in [1.82, 2.24) is 4.90 Å². The van der Waals surface area contributed by atoms with Gasteiger partial charge in [-0.15, -0.1) is 0 Å². The molecule has 0 spiro atoms. The van der Waals surface area contributed by atoms with Gasteiger partial charge in [0.1, 0.15) is 6.54 Å². The number of hydrogen-bond donors (Lipinski definition) is 0. The number of carbonyl (C=O) groups excluding carboxylic acids is 2. The molecule has 0 fully saturated rings. The van der Waals surface area contributed by atoms with Crippen molar-refractivity contribution >= 4 is 11.9 Å². The van der Waals surface area contributed by atoms with Gasteiger partial charge in [0.2, 0.25) is 0 Å². The number of ether oxygens (including phenoxy) is 2. The molecule has 1 rings (SSSR count). The maximum atomic E-state index is 11.5. The van der Waals surface area contributed by atoms with Crippen molar-refractivity contribution in [3.8, 4) is 0 Å². The van der Waals surface area contributed by atoms with E-state index >= 15 is 0 Å². The van der Waals surface area contributed by atoms with Crippen molar-refractivity contribution in [3.05, 3.63) is 23.9 Å². The van der Waals surface area contributed by atoms with Gasteiger partial charge in [-0.05, 0) is 32.9 Å². The van der Waals surface area contributed by atoms with Gasteiger partial charge in [0.05, 0.1) is 18.8 Å². The SMILES string of the molecule is CCOC(=O)CN1C=CC(C(=O)OCC)=CC1C. The minimum atomic E-state index is -0.337. The standard InChI is InChI=1S/C13H19NO4/c1-4-17-12(15)9-14-7-6-11(8-10(14)3)13(16)18-5-2/h6-8,10H,4-5,9H2,1-3H3. The molecule has 1 aliphatic rings. The van der Waals surface area contributed by atoms with E-state index in [4.69, 9.17) is 9.47 Å². The molecule has 0 aliphatic carbocycles. The maximum Gasteiger partial charge on any atom is 0.337 e. The summed E-state index contributed by atoms with van der Waals surface area (Å²) in [6, 6.07) is -0.0428. The second kappa shape index (κ2) is 6.83. The Morgan fingerprint density at radius 1 is 1.28 bits per heavy atom. The maximum absolute atomic E-state index is 11.5. The minimum Gasteiger partial charge on any atom is -0.465 e. The second-order valence-electron chi connectivity index (χ2n) is 3.88. The highest BCUT2D eigenvalue weighted by Crippen LogP contribution is 2.14. The molecule has 0 saturated carbocycles. The summed E-state index contributed by atoms with van der Waals surface area (Å²) in [4.78, 5) is 24.7. The van der Waals surface area contributed by atoms with Crippen molar-refractivity contribution in [2.75, 3.05) is 19.8 Å². The number of rotatable bonds is 5. The molecule has 0 aromatic rings. The van der Waals surface area contributed by atoms with Crippen LogP contribution in [0, 0.1) is 0 Å². The summed E-state index contributed by atoms with van der Waals surface area (Å²) < 4.78 is 9.79. The largest absolute Gasteiger partial charge is 0.465 e. The van der Waals surface area contributed by atoms with Crippen LogP contribution in [0.1, 0.15) is 20.8 Å². The van der Waals surface area contributed by atoms with Gasteiger partial charge in [-0.1, -0.05) is 0 Å².